The topological polar surface area (TPSA) is 68.3 Å². The smallest absolute Gasteiger partial charge is 0.243 e. The molecule has 0 unspecified atom stereocenters. The summed E-state index contributed by atoms with van der Waals surface area (Å²) in [6.45, 7) is 0. The summed E-state index contributed by atoms with van der Waals surface area (Å²) in [7, 11) is -2.63. The van der Waals surface area contributed by atoms with Gasteiger partial charge in [-0.15, -0.1) is 0 Å². The zero-order valence-electron chi connectivity index (χ0n) is 12.9. The maximum absolute atomic E-state index is 14.2. The third kappa shape index (κ3) is 2.87. The summed E-state index contributed by atoms with van der Waals surface area (Å²) in [5.74, 6) is -1.25. The van der Waals surface area contributed by atoms with E-state index in [1.54, 1.807) is 0 Å². The Balaban J connectivity index is 2.01. The van der Waals surface area contributed by atoms with Crippen molar-refractivity contribution in [2.24, 2.45) is 0 Å². The number of hydrogen-bond donors (Lipinski definition) is 1. The van der Waals surface area contributed by atoms with Gasteiger partial charge < -0.3 is 4.74 Å². The fourth-order valence-corrected chi connectivity index (χ4v) is 4.27. The van der Waals surface area contributed by atoms with Crippen molar-refractivity contribution in [3.63, 3.8) is 0 Å². The van der Waals surface area contributed by atoms with E-state index < -0.39 is 27.2 Å². The lowest BCUT2D eigenvalue weighted by Crippen LogP contribution is -2.51. The lowest BCUT2D eigenvalue weighted by atomic mass is 9.72. The van der Waals surface area contributed by atoms with Crippen LogP contribution in [0.1, 0.15) is 24.8 Å². The zero-order valence-corrected chi connectivity index (χ0v) is 13.7. The second kappa shape index (κ2) is 6.10. The molecule has 24 heavy (non-hydrogen) atoms. The van der Waals surface area contributed by atoms with Crippen LogP contribution in [0.15, 0.2) is 41.6 Å². The van der Waals surface area contributed by atoms with Crippen LogP contribution in [0.2, 0.25) is 0 Å². The molecule has 1 aliphatic carbocycles. The Kier molecular flexibility index (Phi) is 4.27. The largest absolute Gasteiger partial charge is 0.495 e. The molecule has 1 aromatic carbocycles. The fourth-order valence-electron chi connectivity index (χ4n) is 2.86. The highest BCUT2D eigenvalue weighted by atomic mass is 32.2. The Morgan fingerprint density at radius 1 is 1.21 bits per heavy atom. The van der Waals surface area contributed by atoms with Crippen LogP contribution in [0.3, 0.4) is 0 Å². The Morgan fingerprint density at radius 3 is 2.42 bits per heavy atom. The number of ether oxygens (including phenoxy) is 1. The molecule has 1 aromatic heterocycles. The molecule has 1 fully saturated rings. The molecule has 128 valence electrons. The molecule has 0 bridgehead atoms. The molecular weight excluding hydrogens is 338 g/mol. The van der Waals surface area contributed by atoms with Crippen LogP contribution in [-0.2, 0) is 15.6 Å². The van der Waals surface area contributed by atoms with Gasteiger partial charge in [-0.1, -0.05) is 6.07 Å². The van der Waals surface area contributed by atoms with Crippen LogP contribution in [0.5, 0.6) is 5.75 Å². The first kappa shape index (κ1) is 16.8. The molecule has 0 saturated heterocycles. The van der Waals surface area contributed by atoms with E-state index in [0.717, 1.165) is 18.3 Å². The molecule has 3 rings (SSSR count). The Bertz CT molecular complexity index is 847. The molecule has 0 amide bonds. The van der Waals surface area contributed by atoms with Crippen molar-refractivity contribution in [1.29, 1.82) is 0 Å². The summed E-state index contributed by atoms with van der Waals surface area (Å²) in [6.07, 6.45) is 3.85. The number of aromatic nitrogens is 1. The molecular formula is C16H16F2N2O3S. The van der Waals surface area contributed by atoms with E-state index in [9.17, 15) is 17.2 Å². The Morgan fingerprint density at radius 2 is 1.88 bits per heavy atom. The van der Waals surface area contributed by atoms with Crippen molar-refractivity contribution in [3.8, 4) is 5.75 Å². The molecule has 1 saturated carbocycles. The average Bonchev–Trinajstić information content (AvgIpc) is 2.52. The van der Waals surface area contributed by atoms with Gasteiger partial charge in [-0.3, -0.25) is 4.98 Å². The SMILES string of the molecule is COc1cncc(S(=O)(=O)NC2(c3c(F)cccc3F)CCC2)c1. The summed E-state index contributed by atoms with van der Waals surface area (Å²) in [4.78, 5) is 3.69. The van der Waals surface area contributed by atoms with Gasteiger partial charge in [0.25, 0.3) is 0 Å². The number of hydrogen-bond acceptors (Lipinski definition) is 4. The number of nitrogens with zero attached hydrogens (tertiary/aromatic N) is 1. The minimum Gasteiger partial charge on any atom is -0.495 e. The fraction of sp³-hybridized carbons (Fsp3) is 0.312. The lowest BCUT2D eigenvalue weighted by molar-refractivity contribution is 0.209. The van der Waals surface area contributed by atoms with E-state index in [2.05, 4.69) is 9.71 Å². The summed E-state index contributed by atoms with van der Waals surface area (Å²) >= 11 is 0. The minimum absolute atomic E-state index is 0.120. The van der Waals surface area contributed by atoms with Gasteiger partial charge in [-0.05, 0) is 31.4 Å². The molecule has 1 aliphatic rings. The third-order valence-corrected chi connectivity index (χ3v) is 5.72. The average molecular weight is 354 g/mol. The van der Waals surface area contributed by atoms with Crippen LogP contribution < -0.4 is 9.46 Å². The first-order chi connectivity index (χ1) is 11.4. The molecule has 0 radical (unpaired) electrons. The summed E-state index contributed by atoms with van der Waals surface area (Å²) in [5, 5.41) is 0. The van der Waals surface area contributed by atoms with Crippen molar-refractivity contribution >= 4 is 10.0 Å². The number of methoxy groups -OCH3 is 1. The van der Waals surface area contributed by atoms with E-state index >= 15 is 0 Å². The second-order valence-electron chi connectivity index (χ2n) is 5.70. The van der Waals surface area contributed by atoms with E-state index in [0.29, 0.717) is 19.3 Å². The van der Waals surface area contributed by atoms with Crippen molar-refractivity contribution in [3.05, 3.63) is 53.9 Å². The van der Waals surface area contributed by atoms with Crippen LogP contribution in [0.4, 0.5) is 8.78 Å². The van der Waals surface area contributed by atoms with Gasteiger partial charge in [-0.2, -0.15) is 0 Å². The molecule has 1 heterocycles. The monoisotopic (exact) mass is 354 g/mol. The van der Waals surface area contributed by atoms with Gasteiger partial charge in [-0.25, -0.2) is 21.9 Å². The molecule has 5 nitrogen and oxygen atoms in total. The van der Waals surface area contributed by atoms with Crippen LogP contribution in [0, 0.1) is 11.6 Å². The Hall–Kier alpha value is -2.06. The van der Waals surface area contributed by atoms with Gasteiger partial charge in [0.15, 0.2) is 0 Å². The summed E-state index contributed by atoms with van der Waals surface area (Å²) < 4.78 is 61.1. The number of sulfonamides is 1. The van der Waals surface area contributed by atoms with E-state index in [4.69, 9.17) is 4.74 Å². The number of nitrogens with one attached hydrogen (secondary N) is 1. The van der Waals surface area contributed by atoms with Crippen molar-refractivity contribution in [2.75, 3.05) is 7.11 Å². The molecule has 0 atom stereocenters. The minimum atomic E-state index is -4.02. The first-order valence-electron chi connectivity index (χ1n) is 7.35. The number of pyridine rings is 1. The second-order valence-corrected chi connectivity index (χ2v) is 7.38. The maximum atomic E-state index is 14.2. The number of rotatable bonds is 5. The predicted molar refractivity (Wildman–Crippen MR) is 83.0 cm³/mol. The van der Waals surface area contributed by atoms with Crippen molar-refractivity contribution in [2.45, 2.75) is 29.7 Å². The Labute approximate surface area is 138 Å². The summed E-state index contributed by atoms with van der Waals surface area (Å²) in [6, 6.07) is 4.81. The first-order valence-corrected chi connectivity index (χ1v) is 8.84. The maximum Gasteiger partial charge on any atom is 0.243 e. The van der Waals surface area contributed by atoms with E-state index in [1.807, 2.05) is 0 Å². The number of benzene rings is 1. The molecule has 0 spiro atoms. The van der Waals surface area contributed by atoms with E-state index in [1.165, 1.54) is 25.4 Å². The van der Waals surface area contributed by atoms with Gasteiger partial charge in [0.05, 0.1) is 18.8 Å². The predicted octanol–water partition coefficient (Wildman–Crippen LogP) is 2.73. The van der Waals surface area contributed by atoms with Crippen molar-refractivity contribution in [1.82, 2.24) is 9.71 Å². The highest BCUT2D eigenvalue weighted by Crippen LogP contribution is 2.44. The highest BCUT2D eigenvalue weighted by Gasteiger charge is 2.45. The third-order valence-electron chi connectivity index (χ3n) is 4.21. The van der Waals surface area contributed by atoms with Gasteiger partial charge in [0.2, 0.25) is 10.0 Å². The van der Waals surface area contributed by atoms with Crippen LogP contribution >= 0.6 is 0 Å². The lowest BCUT2D eigenvalue weighted by Gasteiger charge is -2.42. The number of halogens is 2. The van der Waals surface area contributed by atoms with Crippen LogP contribution in [0.25, 0.3) is 0 Å². The molecule has 1 N–H and O–H groups in total. The molecule has 2 aromatic rings. The quantitative estimate of drug-likeness (QED) is 0.896. The standard InChI is InChI=1S/C16H16F2N2O3S/c1-23-11-8-12(10-19-9-11)24(21,22)20-16(6-3-7-16)15-13(17)4-2-5-14(15)18/h2,4-5,8-10,20H,3,6-7H2,1H3. The molecule has 0 aliphatic heterocycles. The van der Waals surface area contributed by atoms with Gasteiger partial charge >= 0.3 is 0 Å². The van der Waals surface area contributed by atoms with Gasteiger partial charge in [0, 0.05) is 17.8 Å². The highest BCUT2D eigenvalue weighted by molar-refractivity contribution is 7.89. The van der Waals surface area contributed by atoms with Crippen LogP contribution in [-0.4, -0.2) is 20.5 Å². The zero-order chi connectivity index (χ0) is 17.4. The normalized spacial score (nSPS) is 16.5. The van der Waals surface area contributed by atoms with E-state index in [-0.39, 0.29) is 16.2 Å². The molecule has 8 heteroatoms. The van der Waals surface area contributed by atoms with Gasteiger partial charge in [0.1, 0.15) is 22.3 Å². The summed E-state index contributed by atoms with van der Waals surface area (Å²) in [5.41, 5.74) is -1.52. The van der Waals surface area contributed by atoms with Crippen molar-refractivity contribution < 1.29 is 21.9 Å².